The Bertz CT molecular complexity index is 783. The standard InChI is InChI=1S/C15H20N4O2S/c1-12-15(17-14-6-4-3-5-13(14)16-12)11-18-7-9-19(10-8-18)22(2,20)21/h3-6H,7-11H2,1-2H3. The summed E-state index contributed by atoms with van der Waals surface area (Å²) in [6, 6.07) is 7.85. The van der Waals surface area contributed by atoms with Crippen molar-refractivity contribution >= 4 is 21.1 Å². The number of nitrogens with zero attached hydrogens (tertiary/aromatic N) is 4. The Hall–Kier alpha value is -1.57. The van der Waals surface area contributed by atoms with Gasteiger partial charge in [-0.2, -0.15) is 4.31 Å². The minimum atomic E-state index is -3.08. The zero-order chi connectivity index (χ0) is 15.7. The highest BCUT2D eigenvalue weighted by Gasteiger charge is 2.23. The zero-order valence-electron chi connectivity index (χ0n) is 12.9. The first-order valence-corrected chi connectivity index (χ1v) is 9.18. The van der Waals surface area contributed by atoms with Crippen LogP contribution in [0.5, 0.6) is 0 Å². The predicted molar refractivity (Wildman–Crippen MR) is 86.0 cm³/mol. The highest BCUT2D eigenvalue weighted by molar-refractivity contribution is 7.88. The molecule has 1 aliphatic rings. The minimum Gasteiger partial charge on any atom is -0.295 e. The van der Waals surface area contributed by atoms with Crippen LogP contribution < -0.4 is 0 Å². The Morgan fingerprint density at radius 3 is 2.23 bits per heavy atom. The highest BCUT2D eigenvalue weighted by Crippen LogP contribution is 2.15. The smallest absolute Gasteiger partial charge is 0.211 e. The van der Waals surface area contributed by atoms with Gasteiger partial charge in [0.1, 0.15) is 0 Å². The first kappa shape index (κ1) is 15.3. The summed E-state index contributed by atoms with van der Waals surface area (Å²) >= 11 is 0. The number of rotatable bonds is 3. The van der Waals surface area contributed by atoms with Gasteiger partial charge in [0, 0.05) is 32.7 Å². The molecular weight excluding hydrogens is 300 g/mol. The van der Waals surface area contributed by atoms with Gasteiger partial charge in [0.25, 0.3) is 0 Å². The fourth-order valence-corrected chi connectivity index (χ4v) is 3.53. The molecule has 1 saturated heterocycles. The lowest BCUT2D eigenvalue weighted by Crippen LogP contribution is -2.48. The summed E-state index contributed by atoms with van der Waals surface area (Å²) in [7, 11) is -3.08. The summed E-state index contributed by atoms with van der Waals surface area (Å²) in [5.41, 5.74) is 3.71. The fraction of sp³-hybridized carbons (Fsp3) is 0.467. The van der Waals surface area contributed by atoms with Crippen LogP contribution in [0.15, 0.2) is 24.3 Å². The van der Waals surface area contributed by atoms with E-state index in [4.69, 9.17) is 4.98 Å². The van der Waals surface area contributed by atoms with Gasteiger partial charge in [-0.1, -0.05) is 12.1 Å². The van der Waals surface area contributed by atoms with Gasteiger partial charge in [-0.05, 0) is 19.1 Å². The second-order valence-corrected chi connectivity index (χ2v) is 7.67. The molecule has 0 amide bonds. The van der Waals surface area contributed by atoms with E-state index in [1.54, 1.807) is 0 Å². The summed E-state index contributed by atoms with van der Waals surface area (Å²) in [6.45, 7) is 5.21. The summed E-state index contributed by atoms with van der Waals surface area (Å²) in [5, 5.41) is 0. The van der Waals surface area contributed by atoms with Gasteiger partial charge in [0.2, 0.25) is 10.0 Å². The maximum Gasteiger partial charge on any atom is 0.211 e. The van der Waals surface area contributed by atoms with E-state index in [0.29, 0.717) is 19.6 Å². The Morgan fingerprint density at radius 1 is 1.05 bits per heavy atom. The molecule has 3 rings (SSSR count). The van der Waals surface area contributed by atoms with E-state index < -0.39 is 10.0 Å². The number of hydrogen-bond donors (Lipinski definition) is 0. The molecule has 0 unspecified atom stereocenters. The average Bonchev–Trinajstić information content (AvgIpc) is 2.48. The third-order valence-electron chi connectivity index (χ3n) is 4.02. The van der Waals surface area contributed by atoms with Crippen molar-refractivity contribution in [1.29, 1.82) is 0 Å². The number of piperazine rings is 1. The Labute approximate surface area is 130 Å². The Balaban J connectivity index is 1.73. The largest absolute Gasteiger partial charge is 0.295 e. The molecule has 0 aliphatic carbocycles. The molecule has 1 fully saturated rings. The molecule has 0 saturated carbocycles. The monoisotopic (exact) mass is 320 g/mol. The Morgan fingerprint density at radius 2 is 1.64 bits per heavy atom. The third-order valence-corrected chi connectivity index (χ3v) is 5.32. The topological polar surface area (TPSA) is 66.4 Å². The number of fused-ring (bicyclic) bond motifs is 1. The lowest BCUT2D eigenvalue weighted by atomic mass is 10.2. The van der Waals surface area contributed by atoms with Crippen molar-refractivity contribution in [2.45, 2.75) is 13.5 Å². The van der Waals surface area contributed by atoms with Crippen molar-refractivity contribution in [3.05, 3.63) is 35.7 Å². The average molecular weight is 320 g/mol. The van der Waals surface area contributed by atoms with Gasteiger partial charge in [0.15, 0.2) is 0 Å². The molecular formula is C15H20N4O2S. The Kier molecular flexibility index (Phi) is 4.12. The molecule has 0 spiro atoms. The van der Waals surface area contributed by atoms with Gasteiger partial charge >= 0.3 is 0 Å². The van der Waals surface area contributed by atoms with Gasteiger partial charge in [-0.15, -0.1) is 0 Å². The number of sulfonamides is 1. The second-order valence-electron chi connectivity index (χ2n) is 5.68. The van der Waals surface area contributed by atoms with E-state index in [1.807, 2.05) is 31.2 Å². The van der Waals surface area contributed by atoms with Crippen molar-refractivity contribution in [3.8, 4) is 0 Å². The zero-order valence-corrected chi connectivity index (χ0v) is 13.7. The molecule has 1 aromatic heterocycles. The molecule has 6 nitrogen and oxygen atoms in total. The van der Waals surface area contributed by atoms with Crippen molar-refractivity contribution in [3.63, 3.8) is 0 Å². The maximum atomic E-state index is 11.5. The van der Waals surface area contributed by atoms with Crippen LogP contribution in [0.1, 0.15) is 11.4 Å². The van der Waals surface area contributed by atoms with Crippen molar-refractivity contribution in [2.24, 2.45) is 0 Å². The quantitative estimate of drug-likeness (QED) is 0.844. The number of aryl methyl sites for hydroxylation is 1. The molecule has 0 bridgehead atoms. The van der Waals surface area contributed by atoms with Crippen LogP contribution in [-0.4, -0.2) is 60.0 Å². The van der Waals surface area contributed by atoms with E-state index in [-0.39, 0.29) is 0 Å². The lowest BCUT2D eigenvalue weighted by Gasteiger charge is -2.33. The van der Waals surface area contributed by atoms with Crippen molar-refractivity contribution in [1.82, 2.24) is 19.2 Å². The van der Waals surface area contributed by atoms with E-state index in [1.165, 1.54) is 10.6 Å². The number of para-hydroxylation sites is 2. The lowest BCUT2D eigenvalue weighted by molar-refractivity contribution is 0.180. The van der Waals surface area contributed by atoms with Crippen LogP contribution in [0.3, 0.4) is 0 Å². The van der Waals surface area contributed by atoms with Crippen LogP contribution in [0.25, 0.3) is 11.0 Å². The highest BCUT2D eigenvalue weighted by atomic mass is 32.2. The summed E-state index contributed by atoms with van der Waals surface area (Å²) in [6.07, 6.45) is 1.27. The first-order chi connectivity index (χ1) is 10.4. The van der Waals surface area contributed by atoms with Crippen LogP contribution in [0.4, 0.5) is 0 Å². The van der Waals surface area contributed by atoms with Gasteiger partial charge in [-0.25, -0.2) is 18.4 Å². The second kappa shape index (κ2) is 5.91. The van der Waals surface area contributed by atoms with E-state index in [0.717, 1.165) is 35.5 Å². The number of hydrogen-bond acceptors (Lipinski definition) is 5. The number of benzene rings is 1. The molecule has 1 aliphatic heterocycles. The van der Waals surface area contributed by atoms with Crippen molar-refractivity contribution in [2.75, 3.05) is 32.4 Å². The normalized spacial score (nSPS) is 17.9. The van der Waals surface area contributed by atoms with Gasteiger partial charge < -0.3 is 0 Å². The molecule has 0 N–H and O–H groups in total. The molecule has 1 aromatic carbocycles. The minimum absolute atomic E-state index is 0.541. The molecule has 2 aromatic rings. The number of aromatic nitrogens is 2. The SMILES string of the molecule is Cc1nc2ccccc2nc1CN1CCN(S(C)(=O)=O)CC1. The van der Waals surface area contributed by atoms with E-state index in [9.17, 15) is 8.42 Å². The van der Waals surface area contributed by atoms with Crippen LogP contribution in [-0.2, 0) is 16.6 Å². The van der Waals surface area contributed by atoms with Crippen LogP contribution in [0.2, 0.25) is 0 Å². The van der Waals surface area contributed by atoms with Gasteiger partial charge in [-0.3, -0.25) is 4.90 Å². The predicted octanol–water partition coefficient (Wildman–Crippen LogP) is 1.02. The first-order valence-electron chi connectivity index (χ1n) is 7.33. The maximum absolute atomic E-state index is 11.5. The van der Waals surface area contributed by atoms with Gasteiger partial charge in [0.05, 0.1) is 28.7 Å². The molecule has 0 radical (unpaired) electrons. The molecule has 0 atom stereocenters. The molecule has 7 heteroatoms. The van der Waals surface area contributed by atoms with Crippen LogP contribution in [0, 0.1) is 6.92 Å². The molecule has 118 valence electrons. The summed E-state index contributed by atoms with van der Waals surface area (Å²) < 4.78 is 24.6. The van der Waals surface area contributed by atoms with Crippen molar-refractivity contribution < 1.29 is 8.42 Å². The van der Waals surface area contributed by atoms with E-state index >= 15 is 0 Å². The van der Waals surface area contributed by atoms with Crippen LogP contribution >= 0.6 is 0 Å². The molecule has 22 heavy (non-hydrogen) atoms. The molecule has 2 heterocycles. The summed E-state index contributed by atoms with van der Waals surface area (Å²) in [4.78, 5) is 11.5. The summed E-state index contributed by atoms with van der Waals surface area (Å²) in [5.74, 6) is 0. The third kappa shape index (κ3) is 3.26. The fourth-order valence-electron chi connectivity index (χ4n) is 2.71. The van der Waals surface area contributed by atoms with E-state index in [2.05, 4.69) is 9.88 Å².